The van der Waals surface area contributed by atoms with Gasteiger partial charge in [0.15, 0.2) is 0 Å². The molecule has 21 heavy (non-hydrogen) atoms. The minimum Gasteiger partial charge on any atom is -0.298 e. The van der Waals surface area contributed by atoms with Crippen molar-refractivity contribution in [3.63, 3.8) is 0 Å². The van der Waals surface area contributed by atoms with Crippen LogP contribution in [0.2, 0.25) is 0 Å². The van der Waals surface area contributed by atoms with Crippen molar-refractivity contribution in [1.82, 2.24) is 0 Å². The number of hydrogen-bond acceptors (Lipinski definition) is 3. The molecule has 0 unspecified atom stereocenters. The van der Waals surface area contributed by atoms with Gasteiger partial charge in [0.25, 0.3) is 0 Å². The molecule has 1 amide bonds. The third-order valence-corrected chi connectivity index (χ3v) is 3.91. The summed E-state index contributed by atoms with van der Waals surface area (Å²) in [7, 11) is 0. The Bertz CT molecular complexity index is 493. The van der Waals surface area contributed by atoms with Gasteiger partial charge in [0.2, 0.25) is 0 Å². The highest BCUT2D eigenvalue weighted by Crippen LogP contribution is 2.23. The Morgan fingerprint density at radius 1 is 1.14 bits per heavy atom. The molecule has 114 valence electrons. The molecule has 0 heterocycles. The second kappa shape index (κ2) is 7.81. The Morgan fingerprint density at radius 3 is 2.33 bits per heavy atom. The molecule has 1 aromatic rings. The number of nitrogens with one attached hydrogen (secondary N) is 1. The zero-order chi connectivity index (χ0) is 15.1. The smallest absolute Gasteiger partial charge is 0.298 e. The average Bonchev–Trinajstić information content (AvgIpc) is 2.54. The number of oxime groups is 1. The standard InChI is InChI=1S/C17H24N2O2/c1-3-13-9-8-10-14(4-2)16(13)18-17(20)21-19-15-11-6-5-7-12-15/h8-10H,3-7,11-12H2,1-2H3,(H,18,20). The fraction of sp³-hybridized carbons (Fsp3) is 0.529. The van der Waals surface area contributed by atoms with Crippen LogP contribution in [0.4, 0.5) is 10.5 Å². The predicted octanol–water partition coefficient (Wildman–Crippen LogP) is 4.68. The molecule has 0 bridgehead atoms. The summed E-state index contributed by atoms with van der Waals surface area (Å²) in [5, 5.41) is 6.85. The van der Waals surface area contributed by atoms with Crippen LogP contribution in [0, 0.1) is 0 Å². The van der Waals surface area contributed by atoms with Gasteiger partial charge in [0.05, 0.1) is 11.4 Å². The van der Waals surface area contributed by atoms with Crippen LogP contribution in [-0.2, 0) is 17.7 Å². The van der Waals surface area contributed by atoms with Crippen molar-refractivity contribution in [2.45, 2.75) is 58.8 Å². The zero-order valence-electron chi connectivity index (χ0n) is 12.9. The van der Waals surface area contributed by atoms with Crippen LogP contribution in [-0.4, -0.2) is 11.8 Å². The Labute approximate surface area is 126 Å². The number of anilines is 1. The van der Waals surface area contributed by atoms with Gasteiger partial charge >= 0.3 is 6.09 Å². The third-order valence-electron chi connectivity index (χ3n) is 3.91. The van der Waals surface area contributed by atoms with E-state index in [4.69, 9.17) is 4.84 Å². The summed E-state index contributed by atoms with van der Waals surface area (Å²) in [5.74, 6) is 0. The van der Waals surface area contributed by atoms with E-state index in [0.29, 0.717) is 0 Å². The van der Waals surface area contributed by atoms with Gasteiger partial charge in [-0.3, -0.25) is 10.2 Å². The van der Waals surface area contributed by atoms with Crippen LogP contribution in [0.15, 0.2) is 23.4 Å². The molecule has 4 heteroatoms. The van der Waals surface area contributed by atoms with E-state index in [2.05, 4.69) is 24.3 Å². The minimum atomic E-state index is -0.497. The van der Waals surface area contributed by atoms with Crippen LogP contribution in [0.3, 0.4) is 0 Å². The summed E-state index contributed by atoms with van der Waals surface area (Å²) < 4.78 is 0. The molecule has 1 fully saturated rings. The summed E-state index contributed by atoms with van der Waals surface area (Å²) in [6.45, 7) is 4.15. The topological polar surface area (TPSA) is 50.7 Å². The Balaban J connectivity index is 2.02. The molecule has 1 saturated carbocycles. The molecule has 0 radical (unpaired) electrons. The number of carbonyl (C=O) groups is 1. The number of hydrogen-bond donors (Lipinski definition) is 1. The first kappa shape index (κ1) is 15.5. The van der Waals surface area contributed by atoms with E-state index in [1.54, 1.807) is 0 Å². The van der Waals surface area contributed by atoms with E-state index in [9.17, 15) is 4.79 Å². The number of carbonyl (C=O) groups excluding carboxylic acids is 1. The fourth-order valence-electron chi connectivity index (χ4n) is 2.69. The van der Waals surface area contributed by atoms with Crippen LogP contribution < -0.4 is 5.32 Å². The summed E-state index contributed by atoms with van der Waals surface area (Å²) in [6, 6.07) is 6.08. The number of aryl methyl sites for hydroxylation is 2. The molecule has 0 saturated heterocycles. The molecule has 0 aromatic heterocycles. The second-order valence-corrected chi connectivity index (χ2v) is 5.38. The molecule has 1 aliphatic carbocycles. The predicted molar refractivity (Wildman–Crippen MR) is 85.8 cm³/mol. The van der Waals surface area contributed by atoms with Gasteiger partial charge in [-0.25, -0.2) is 4.79 Å². The third kappa shape index (κ3) is 4.31. The van der Waals surface area contributed by atoms with E-state index in [1.807, 2.05) is 18.2 Å². The molecule has 1 N–H and O–H groups in total. The van der Waals surface area contributed by atoms with E-state index < -0.39 is 6.09 Å². The molecule has 1 aliphatic rings. The monoisotopic (exact) mass is 288 g/mol. The van der Waals surface area contributed by atoms with Crippen molar-refractivity contribution in [1.29, 1.82) is 0 Å². The highest BCUT2D eigenvalue weighted by molar-refractivity contribution is 5.89. The lowest BCUT2D eigenvalue weighted by atomic mass is 9.99. The van der Waals surface area contributed by atoms with Crippen molar-refractivity contribution >= 4 is 17.5 Å². The first-order valence-corrected chi connectivity index (χ1v) is 7.89. The second-order valence-electron chi connectivity index (χ2n) is 5.38. The van der Waals surface area contributed by atoms with Crippen LogP contribution in [0.5, 0.6) is 0 Å². The van der Waals surface area contributed by atoms with Crippen LogP contribution >= 0.6 is 0 Å². The maximum atomic E-state index is 12.0. The molecule has 4 nitrogen and oxygen atoms in total. The van der Waals surface area contributed by atoms with Gasteiger partial charge in [-0.15, -0.1) is 0 Å². The number of para-hydroxylation sites is 1. The van der Waals surface area contributed by atoms with Gasteiger partial charge in [-0.2, -0.15) is 0 Å². The Hall–Kier alpha value is -1.84. The fourth-order valence-corrected chi connectivity index (χ4v) is 2.69. The number of rotatable bonds is 4. The van der Waals surface area contributed by atoms with Crippen molar-refractivity contribution in [3.8, 4) is 0 Å². The summed E-state index contributed by atoms with van der Waals surface area (Å²) >= 11 is 0. The molecule has 2 rings (SSSR count). The first-order valence-electron chi connectivity index (χ1n) is 7.89. The molecule has 0 spiro atoms. The molecular formula is C17H24N2O2. The Kier molecular flexibility index (Phi) is 5.78. The lowest BCUT2D eigenvalue weighted by Crippen LogP contribution is -2.15. The number of amides is 1. The summed E-state index contributed by atoms with van der Waals surface area (Å²) in [6.07, 6.45) is 6.66. The molecule has 0 atom stereocenters. The van der Waals surface area contributed by atoms with Gasteiger partial charge in [0.1, 0.15) is 0 Å². The quantitative estimate of drug-likeness (QED) is 0.646. The van der Waals surface area contributed by atoms with Gasteiger partial charge < -0.3 is 0 Å². The maximum absolute atomic E-state index is 12.0. The van der Waals surface area contributed by atoms with Crippen molar-refractivity contribution in [2.24, 2.45) is 5.16 Å². The summed E-state index contributed by atoms with van der Waals surface area (Å²) in [4.78, 5) is 17.0. The molecule has 1 aromatic carbocycles. The summed E-state index contributed by atoms with van der Waals surface area (Å²) in [5.41, 5.74) is 4.11. The average molecular weight is 288 g/mol. The van der Waals surface area contributed by atoms with Crippen LogP contribution in [0.25, 0.3) is 0 Å². The number of benzene rings is 1. The largest absolute Gasteiger partial charge is 0.437 e. The minimum absolute atomic E-state index is 0.497. The van der Waals surface area contributed by atoms with Gasteiger partial charge in [-0.1, -0.05) is 43.6 Å². The Morgan fingerprint density at radius 2 is 1.76 bits per heavy atom. The SMILES string of the molecule is CCc1cccc(CC)c1NC(=O)ON=C1CCCCC1. The van der Waals surface area contributed by atoms with Crippen LogP contribution in [0.1, 0.15) is 57.1 Å². The maximum Gasteiger partial charge on any atom is 0.437 e. The highest BCUT2D eigenvalue weighted by Gasteiger charge is 2.12. The first-order chi connectivity index (χ1) is 10.2. The van der Waals surface area contributed by atoms with E-state index in [-0.39, 0.29) is 0 Å². The van der Waals surface area contributed by atoms with Crippen molar-refractivity contribution in [3.05, 3.63) is 29.3 Å². The van der Waals surface area contributed by atoms with Crippen molar-refractivity contribution < 1.29 is 9.63 Å². The van der Waals surface area contributed by atoms with E-state index >= 15 is 0 Å². The zero-order valence-corrected chi connectivity index (χ0v) is 12.9. The molecule has 0 aliphatic heterocycles. The normalized spacial score (nSPS) is 14.7. The lowest BCUT2D eigenvalue weighted by Gasteiger charge is -2.14. The molecular weight excluding hydrogens is 264 g/mol. The lowest BCUT2D eigenvalue weighted by molar-refractivity contribution is 0.165. The number of nitrogens with zero attached hydrogens (tertiary/aromatic N) is 1. The van der Waals surface area contributed by atoms with E-state index in [0.717, 1.165) is 61.1 Å². The highest BCUT2D eigenvalue weighted by atomic mass is 16.7. The van der Waals surface area contributed by atoms with Crippen molar-refractivity contribution in [2.75, 3.05) is 5.32 Å². The van der Waals surface area contributed by atoms with Gasteiger partial charge in [-0.05, 0) is 49.7 Å². The van der Waals surface area contributed by atoms with Gasteiger partial charge in [0, 0.05) is 0 Å². The van der Waals surface area contributed by atoms with E-state index in [1.165, 1.54) is 6.42 Å².